The predicted octanol–water partition coefficient (Wildman–Crippen LogP) is 1.99. The number of methoxy groups -OCH3 is 2. The highest BCUT2D eigenvalue weighted by atomic mass is 16.6. The smallest absolute Gasteiger partial charge is 0.413 e. The molecule has 0 fully saturated rings. The number of furan rings is 1. The zero-order valence-electron chi connectivity index (χ0n) is 13.9. The van der Waals surface area contributed by atoms with Gasteiger partial charge < -0.3 is 23.8 Å². The Labute approximate surface area is 146 Å². The molecule has 1 aromatic carbocycles. The predicted molar refractivity (Wildman–Crippen MR) is 88.8 cm³/mol. The normalized spacial score (nSPS) is 10.5. The summed E-state index contributed by atoms with van der Waals surface area (Å²) < 4.78 is 21.4. The van der Waals surface area contributed by atoms with Gasteiger partial charge in [0.2, 0.25) is 0 Å². The van der Waals surface area contributed by atoms with Gasteiger partial charge in [-0.1, -0.05) is 0 Å². The van der Waals surface area contributed by atoms with Crippen LogP contribution in [0.1, 0.15) is 5.76 Å². The van der Waals surface area contributed by atoms with E-state index < -0.39 is 11.8 Å². The number of nitrogens with one attached hydrogen (secondary N) is 1. The molecule has 1 amide bonds. The Bertz CT molecular complexity index is 1010. The van der Waals surface area contributed by atoms with Crippen LogP contribution in [0.4, 0.5) is 10.6 Å². The van der Waals surface area contributed by atoms with Crippen LogP contribution in [-0.4, -0.2) is 35.2 Å². The van der Waals surface area contributed by atoms with Crippen LogP contribution in [0.3, 0.4) is 0 Å². The minimum atomic E-state index is -0.930. The van der Waals surface area contributed by atoms with Gasteiger partial charge >= 0.3 is 11.8 Å². The number of fused-ring (bicyclic) bond motifs is 1. The number of carbonyl (C=O) groups excluding carboxylic acids is 1. The third kappa shape index (κ3) is 3.53. The van der Waals surface area contributed by atoms with Gasteiger partial charge in [-0.15, -0.1) is 4.73 Å². The van der Waals surface area contributed by atoms with Gasteiger partial charge in [0.15, 0.2) is 17.9 Å². The highest BCUT2D eigenvalue weighted by Crippen LogP contribution is 2.33. The van der Waals surface area contributed by atoms with E-state index in [1.807, 2.05) is 0 Å². The molecule has 0 radical (unpaired) electrons. The van der Waals surface area contributed by atoms with E-state index in [4.69, 9.17) is 23.8 Å². The minimum absolute atomic E-state index is 0.0543. The molecule has 0 atom stereocenters. The summed E-state index contributed by atoms with van der Waals surface area (Å²) in [6, 6.07) is 6.37. The second-order valence-electron chi connectivity index (χ2n) is 5.10. The van der Waals surface area contributed by atoms with E-state index in [1.165, 1.54) is 20.3 Å². The molecule has 0 spiro atoms. The average molecular weight is 361 g/mol. The van der Waals surface area contributed by atoms with Crippen molar-refractivity contribution in [2.75, 3.05) is 19.5 Å². The Kier molecular flexibility index (Phi) is 4.65. The SMILES string of the molecule is COc1cc(OC)c2oc(COC(=O)Nc3ccn(O)c(=O)n3)cc2c1. The molecule has 0 saturated carbocycles. The number of ether oxygens (including phenoxy) is 3. The highest BCUT2D eigenvalue weighted by Gasteiger charge is 2.13. The van der Waals surface area contributed by atoms with Crippen molar-refractivity contribution in [3.05, 3.63) is 46.7 Å². The van der Waals surface area contributed by atoms with Gasteiger partial charge in [0.1, 0.15) is 17.3 Å². The molecule has 136 valence electrons. The Balaban J connectivity index is 1.69. The number of nitrogens with zero attached hydrogens (tertiary/aromatic N) is 2. The van der Waals surface area contributed by atoms with Gasteiger partial charge in [0.05, 0.1) is 20.4 Å². The molecular weight excluding hydrogens is 346 g/mol. The van der Waals surface area contributed by atoms with Crippen LogP contribution < -0.4 is 20.5 Å². The topological polar surface area (TPSA) is 125 Å². The lowest BCUT2D eigenvalue weighted by atomic mass is 10.2. The molecule has 0 unspecified atom stereocenters. The molecule has 0 aliphatic rings. The first-order valence-corrected chi connectivity index (χ1v) is 7.37. The number of rotatable bonds is 5. The van der Waals surface area contributed by atoms with E-state index in [0.717, 1.165) is 11.6 Å². The fourth-order valence-corrected chi connectivity index (χ4v) is 2.23. The zero-order valence-corrected chi connectivity index (χ0v) is 13.9. The van der Waals surface area contributed by atoms with E-state index in [-0.39, 0.29) is 17.2 Å². The van der Waals surface area contributed by atoms with Gasteiger partial charge in [0, 0.05) is 17.5 Å². The monoisotopic (exact) mass is 361 g/mol. The van der Waals surface area contributed by atoms with Gasteiger partial charge in [-0.3, -0.25) is 5.32 Å². The quantitative estimate of drug-likeness (QED) is 0.661. The maximum Gasteiger partial charge on any atom is 0.413 e. The lowest BCUT2D eigenvalue weighted by molar-refractivity contribution is 0.146. The fraction of sp³-hybridized carbons (Fsp3) is 0.188. The number of benzene rings is 1. The number of amides is 1. The molecule has 3 rings (SSSR count). The summed E-state index contributed by atoms with van der Waals surface area (Å²) in [5.74, 6) is 1.43. The third-order valence-corrected chi connectivity index (χ3v) is 3.42. The fourth-order valence-electron chi connectivity index (χ4n) is 2.23. The van der Waals surface area contributed by atoms with Crippen LogP contribution in [-0.2, 0) is 11.3 Å². The van der Waals surface area contributed by atoms with E-state index in [1.54, 1.807) is 18.2 Å². The standard InChI is InChI=1S/C16H15N3O7/c1-23-10-5-9-6-11(26-14(9)12(7-10)24-2)8-25-16(21)18-13-3-4-19(22)15(20)17-13/h3-7,22H,8H2,1-2H3,(H,17,18,20,21). The molecule has 26 heavy (non-hydrogen) atoms. The van der Waals surface area contributed by atoms with Crippen molar-refractivity contribution in [1.29, 1.82) is 0 Å². The first-order chi connectivity index (χ1) is 12.5. The largest absolute Gasteiger partial charge is 0.497 e. The van der Waals surface area contributed by atoms with Crippen molar-refractivity contribution in [3.63, 3.8) is 0 Å². The summed E-state index contributed by atoms with van der Waals surface area (Å²) >= 11 is 0. The summed E-state index contributed by atoms with van der Waals surface area (Å²) in [6.07, 6.45) is 0.210. The van der Waals surface area contributed by atoms with E-state index in [9.17, 15) is 9.59 Å². The van der Waals surface area contributed by atoms with Crippen molar-refractivity contribution < 1.29 is 28.6 Å². The molecular formula is C16H15N3O7. The first-order valence-electron chi connectivity index (χ1n) is 7.37. The minimum Gasteiger partial charge on any atom is -0.497 e. The first kappa shape index (κ1) is 17.1. The van der Waals surface area contributed by atoms with Crippen molar-refractivity contribution in [2.45, 2.75) is 6.61 Å². The molecule has 10 nitrogen and oxygen atoms in total. The summed E-state index contributed by atoms with van der Waals surface area (Å²) in [5, 5.41) is 12.0. The summed E-state index contributed by atoms with van der Waals surface area (Å²) in [6.45, 7) is -0.150. The maximum atomic E-state index is 11.8. The number of aromatic nitrogens is 2. The molecule has 2 aromatic heterocycles. The van der Waals surface area contributed by atoms with Crippen LogP contribution >= 0.6 is 0 Å². The van der Waals surface area contributed by atoms with Crippen LogP contribution in [0, 0.1) is 0 Å². The van der Waals surface area contributed by atoms with Gasteiger partial charge in [-0.25, -0.2) is 9.59 Å². The van der Waals surface area contributed by atoms with Crippen molar-refractivity contribution >= 4 is 22.9 Å². The molecule has 0 saturated heterocycles. The summed E-state index contributed by atoms with van der Waals surface area (Å²) in [4.78, 5) is 26.4. The molecule has 10 heteroatoms. The molecule has 2 heterocycles. The van der Waals surface area contributed by atoms with Crippen LogP contribution in [0.25, 0.3) is 11.0 Å². The Morgan fingerprint density at radius 3 is 2.81 bits per heavy atom. The maximum absolute atomic E-state index is 11.8. The second-order valence-corrected chi connectivity index (χ2v) is 5.10. The Morgan fingerprint density at radius 1 is 1.31 bits per heavy atom. The lowest BCUT2D eigenvalue weighted by Gasteiger charge is -2.05. The number of hydrogen-bond acceptors (Lipinski definition) is 8. The highest BCUT2D eigenvalue weighted by molar-refractivity contribution is 5.86. The molecule has 0 aliphatic heterocycles. The van der Waals surface area contributed by atoms with E-state index in [0.29, 0.717) is 22.8 Å². The van der Waals surface area contributed by atoms with Crippen LogP contribution in [0.15, 0.2) is 39.7 Å². The summed E-state index contributed by atoms with van der Waals surface area (Å²) in [7, 11) is 3.05. The third-order valence-electron chi connectivity index (χ3n) is 3.42. The van der Waals surface area contributed by atoms with Crippen molar-refractivity contribution in [3.8, 4) is 11.5 Å². The number of hydrogen-bond donors (Lipinski definition) is 2. The molecule has 2 N–H and O–H groups in total. The van der Waals surface area contributed by atoms with Gasteiger partial charge in [-0.05, 0) is 12.1 Å². The van der Waals surface area contributed by atoms with Crippen LogP contribution in [0.5, 0.6) is 11.5 Å². The van der Waals surface area contributed by atoms with Gasteiger partial charge in [-0.2, -0.15) is 4.98 Å². The van der Waals surface area contributed by atoms with E-state index >= 15 is 0 Å². The summed E-state index contributed by atoms with van der Waals surface area (Å²) in [5.41, 5.74) is -0.429. The second kappa shape index (κ2) is 7.05. The Morgan fingerprint density at radius 2 is 2.12 bits per heavy atom. The Hall–Kier alpha value is -3.69. The molecule has 0 bridgehead atoms. The van der Waals surface area contributed by atoms with Crippen LogP contribution in [0.2, 0.25) is 0 Å². The van der Waals surface area contributed by atoms with Crippen molar-refractivity contribution in [2.24, 2.45) is 0 Å². The van der Waals surface area contributed by atoms with Crippen molar-refractivity contribution in [1.82, 2.24) is 9.71 Å². The molecule has 3 aromatic rings. The van der Waals surface area contributed by atoms with E-state index in [2.05, 4.69) is 10.3 Å². The lowest BCUT2D eigenvalue weighted by Crippen LogP contribution is -2.23. The number of carbonyl (C=O) groups is 1. The molecule has 0 aliphatic carbocycles. The number of anilines is 1. The van der Waals surface area contributed by atoms with Gasteiger partial charge in [0.25, 0.3) is 0 Å². The average Bonchev–Trinajstić information content (AvgIpc) is 3.05. The zero-order chi connectivity index (χ0) is 18.7.